The highest BCUT2D eigenvalue weighted by Crippen LogP contribution is 2.36. The topological polar surface area (TPSA) is 69.8 Å². The molecule has 5 rings (SSSR count). The molecule has 7 nitrogen and oxygen atoms in total. The summed E-state index contributed by atoms with van der Waals surface area (Å²) < 4.78 is 37.0. The maximum absolute atomic E-state index is 14.0. The van der Waals surface area contributed by atoms with Crippen LogP contribution in [0.25, 0.3) is 22.2 Å². The van der Waals surface area contributed by atoms with Crippen LogP contribution in [0.15, 0.2) is 42.9 Å². The van der Waals surface area contributed by atoms with Crippen LogP contribution in [0.5, 0.6) is 5.75 Å². The van der Waals surface area contributed by atoms with Crippen LogP contribution < -0.4 is 10.1 Å². The zero-order valence-corrected chi connectivity index (χ0v) is 17.9. The molecule has 32 heavy (non-hydrogen) atoms. The van der Waals surface area contributed by atoms with Crippen molar-refractivity contribution in [3.05, 3.63) is 54.5 Å². The number of nitrogens with one attached hydrogen (secondary N) is 1. The average Bonchev–Trinajstić information content (AvgIpc) is 3.40. The van der Waals surface area contributed by atoms with Crippen molar-refractivity contribution in [2.45, 2.75) is 37.8 Å². The van der Waals surface area contributed by atoms with Gasteiger partial charge in [0.2, 0.25) is 0 Å². The molecule has 9 heteroatoms. The number of benzene rings is 1. The lowest BCUT2D eigenvalue weighted by molar-refractivity contribution is 0.125. The van der Waals surface area contributed by atoms with Gasteiger partial charge < -0.3 is 10.1 Å². The van der Waals surface area contributed by atoms with Crippen molar-refractivity contribution >= 4 is 16.7 Å². The normalized spacial score (nSPS) is 18.8. The van der Waals surface area contributed by atoms with E-state index in [1.165, 1.54) is 0 Å². The molecular weight excluding hydrogens is 414 g/mol. The summed E-state index contributed by atoms with van der Waals surface area (Å²) in [5.74, 6) is -0.300. The molecular formula is C23H24F2N6O. The summed E-state index contributed by atoms with van der Waals surface area (Å²) in [5, 5.41) is 13.3. The largest absolute Gasteiger partial charge is 0.487 e. The number of fused-ring (bicyclic) bond motifs is 1. The van der Waals surface area contributed by atoms with E-state index in [1.807, 2.05) is 32.6 Å². The van der Waals surface area contributed by atoms with Crippen LogP contribution >= 0.6 is 0 Å². The van der Waals surface area contributed by atoms with Gasteiger partial charge in [-0.1, -0.05) is 0 Å². The molecule has 3 aromatic heterocycles. The van der Waals surface area contributed by atoms with Crippen LogP contribution in [-0.2, 0) is 7.05 Å². The maximum atomic E-state index is 14.0. The van der Waals surface area contributed by atoms with Crippen molar-refractivity contribution in [3.63, 3.8) is 0 Å². The van der Waals surface area contributed by atoms with Gasteiger partial charge in [0.15, 0.2) is 11.6 Å². The van der Waals surface area contributed by atoms with E-state index < -0.39 is 11.6 Å². The van der Waals surface area contributed by atoms with Crippen molar-refractivity contribution in [2.75, 3.05) is 12.4 Å². The maximum Gasteiger partial charge on any atom is 0.165 e. The molecule has 1 saturated carbocycles. The Morgan fingerprint density at radius 3 is 2.62 bits per heavy atom. The molecule has 1 aliphatic rings. The van der Waals surface area contributed by atoms with Crippen LogP contribution in [0, 0.1) is 11.6 Å². The first kappa shape index (κ1) is 20.4. The standard InChI is InChI=1S/C23H24F2N6O/c1-26-22-10-20-18(12-27-22)23(14-11-28-30(2)13-14)29-31(20)16-4-6-17(7-5-16)32-21-9-15(24)3-8-19(21)25/h3,8-13,16-17H,4-7H2,1-2H3,(H,26,27). The second kappa shape index (κ2) is 8.22. The number of halogens is 2. The van der Waals surface area contributed by atoms with E-state index in [-0.39, 0.29) is 17.9 Å². The van der Waals surface area contributed by atoms with E-state index in [2.05, 4.69) is 20.1 Å². The van der Waals surface area contributed by atoms with Crippen molar-refractivity contribution in [1.29, 1.82) is 0 Å². The molecule has 0 spiro atoms. The molecule has 1 aromatic carbocycles. The molecule has 166 valence electrons. The van der Waals surface area contributed by atoms with E-state index in [0.717, 1.165) is 71.9 Å². The predicted molar refractivity (Wildman–Crippen MR) is 118 cm³/mol. The van der Waals surface area contributed by atoms with Crippen molar-refractivity contribution < 1.29 is 13.5 Å². The Morgan fingerprint density at radius 1 is 1.09 bits per heavy atom. The molecule has 4 aromatic rings. The summed E-state index contributed by atoms with van der Waals surface area (Å²) in [6.07, 6.45) is 8.53. The fraction of sp³-hybridized carbons (Fsp3) is 0.348. The number of aromatic nitrogens is 5. The highest BCUT2D eigenvalue weighted by molar-refractivity contribution is 5.93. The Kier molecular flexibility index (Phi) is 5.24. The minimum atomic E-state index is -0.542. The number of anilines is 1. The van der Waals surface area contributed by atoms with Crippen molar-refractivity contribution in [2.24, 2.45) is 7.05 Å². The molecule has 0 unspecified atom stereocenters. The summed E-state index contributed by atoms with van der Waals surface area (Å²) in [7, 11) is 3.72. The average molecular weight is 438 g/mol. The van der Waals surface area contributed by atoms with Gasteiger partial charge in [-0.2, -0.15) is 10.2 Å². The Balaban J connectivity index is 1.41. The van der Waals surface area contributed by atoms with Crippen LogP contribution in [-0.4, -0.2) is 37.7 Å². The second-order valence-electron chi connectivity index (χ2n) is 8.16. The summed E-state index contributed by atoms with van der Waals surface area (Å²) in [6, 6.07) is 5.48. The van der Waals surface area contributed by atoms with Crippen LogP contribution in [0.1, 0.15) is 31.7 Å². The zero-order valence-electron chi connectivity index (χ0n) is 17.9. The third-order valence-electron chi connectivity index (χ3n) is 6.00. The lowest BCUT2D eigenvalue weighted by Gasteiger charge is -2.29. The lowest BCUT2D eigenvalue weighted by Crippen LogP contribution is -2.26. The van der Waals surface area contributed by atoms with Gasteiger partial charge in [-0.25, -0.2) is 13.8 Å². The summed E-state index contributed by atoms with van der Waals surface area (Å²) in [5.41, 5.74) is 2.79. The molecule has 1 aliphatic carbocycles. The van der Waals surface area contributed by atoms with Gasteiger partial charge in [-0.15, -0.1) is 0 Å². The second-order valence-corrected chi connectivity index (χ2v) is 8.16. The Morgan fingerprint density at radius 2 is 1.91 bits per heavy atom. The molecule has 0 aliphatic heterocycles. The number of ether oxygens (including phenoxy) is 1. The van der Waals surface area contributed by atoms with Gasteiger partial charge in [-0.3, -0.25) is 9.36 Å². The molecule has 3 heterocycles. The molecule has 0 bridgehead atoms. The Labute approximate surface area is 184 Å². The van der Waals surface area contributed by atoms with Crippen LogP contribution in [0.3, 0.4) is 0 Å². The Hall–Kier alpha value is -3.49. The van der Waals surface area contributed by atoms with Crippen molar-refractivity contribution in [3.8, 4) is 17.0 Å². The number of hydrogen-bond acceptors (Lipinski definition) is 5. The van der Waals surface area contributed by atoms with Gasteiger partial charge in [-0.05, 0) is 37.8 Å². The molecule has 1 fully saturated rings. The lowest BCUT2D eigenvalue weighted by atomic mass is 9.93. The first-order valence-corrected chi connectivity index (χ1v) is 10.7. The number of hydrogen-bond donors (Lipinski definition) is 1. The van der Waals surface area contributed by atoms with Gasteiger partial charge in [0.25, 0.3) is 0 Å². The highest BCUT2D eigenvalue weighted by Gasteiger charge is 2.27. The van der Waals surface area contributed by atoms with E-state index in [0.29, 0.717) is 0 Å². The molecule has 0 radical (unpaired) electrons. The Bertz CT molecular complexity index is 1260. The number of aryl methyl sites for hydroxylation is 1. The number of nitrogens with zero attached hydrogens (tertiary/aromatic N) is 5. The van der Waals surface area contributed by atoms with E-state index in [9.17, 15) is 8.78 Å². The molecule has 0 saturated heterocycles. The first-order valence-electron chi connectivity index (χ1n) is 10.7. The van der Waals surface area contributed by atoms with Crippen LogP contribution in [0.4, 0.5) is 14.6 Å². The monoisotopic (exact) mass is 438 g/mol. The van der Waals surface area contributed by atoms with E-state index in [1.54, 1.807) is 10.9 Å². The fourth-order valence-electron chi connectivity index (χ4n) is 4.36. The fourth-order valence-corrected chi connectivity index (χ4v) is 4.36. The van der Waals surface area contributed by atoms with E-state index in [4.69, 9.17) is 9.84 Å². The van der Waals surface area contributed by atoms with Crippen molar-refractivity contribution in [1.82, 2.24) is 24.5 Å². The smallest absolute Gasteiger partial charge is 0.165 e. The zero-order chi connectivity index (χ0) is 22.2. The number of rotatable bonds is 5. The summed E-state index contributed by atoms with van der Waals surface area (Å²) in [4.78, 5) is 4.47. The third kappa shape index (κ3) is 3.79. The summed E-state index contributed by atoms with van der Waals surface area (Å²) >= 11 is 0. The minimum Gasteiger partial charge on any atom is -0.487 e. The van der Waals surface area contributed by atoms with Gasteiger partial charge >= 0.3 is 0 Å². The SMILES string of the molecule is CNc1cc2c(cn1)c(-c1cnn(C)c1)nn2C1CCC(Oc2cc(F)ccc2F)CC1. The molecule has 1 N–H and O–H groups in total. The first-order chi connectivity index (χ1) is 15.5. The van der Waals surface area contributed by atoms with Gasteiger partial charge in [0.05, 0.1) is 23.9 Å². The van der Waals surface area contributed by atoms with Gasteiger partial charge in [0, 0.05) is 49.6 Å². The van der Waals surface area contributed by atoms with Crippen LogP contribution in [0.2, 0.25) is 0 Å². The summed E-state index contributed by atoms with van der Waals surface area (Å²) in [6.45, 7) is 0. The quantitative estimate of drug-likeness (QED) is 0.489. The van der Waals surface area contributed by atoms with Gasteiger partial charge in [0.1, 0.15) is 17.3 Å². The minimum absolute atomic E-state index is 0.0263. The highest BCUT2D eigenvalue weighted by atomic mass is 19.1. The molecule has 0 amide bonds. The predicted octanol–water partition coefficient (Wildman–Crippen LogP) is 4.71. The number of pyridine rings is 1. The molecule has 0 atom stereocenters. The third-order valence-corrected chi connectivity index (χ3v) is 6.00. The van der Waals surface area contributed by atoms with E-state index >= 15 is 0 Å².